The fourth-order valence-electron chi connectivity index (χ4n) is 2.09. The Labute approximate surface area is 118 Å². The van der Waals surface area contributed by atoms with Crippen molar-refractivity contribution < 1.29 is 9.18 Å². The lowest BCUT2D eigenvalue weighted by atomic mass is 10.1. The number of carbonyl (C=O) groups excluding carboxylic acids is 1. The molecule has 2 aromatic rings. The summed E-state index contributed by atoms with van der Waals surface area (Å²) < 4.78 is 15.4. The Hall–Kier alpha value is -2.10. The van der Waals surface area contributed by atoms with Crippen molar-refractivity contribution in [1.82, 2.24) is 9.88 Å². The van der Waals surface area contributed by atoms with E-state index in [1.807, 2.05) is 30.1 Å². The van der Waals surface area contributed by atoms with E-state index in [4.69, 9.17) is 0 Å². The Kier molecular flexibility index (Phi) is 4.93. The Balaban J connectivity index is 1.69. The molecule has 1 heterocycles. The van der Waals surface area contributed by atoms with Crippen molar-refractivity contribution in [3.63, 3.8) is 0 Å². The SMILES string of the molecule is Cn1ccc(CCNC(=O)CCc2ccccc2F)c1. The number of aromatic nitrogens is 1. The number of nitrogens with zero attached hydrogens (tertiary/aromatic N) is 1. The fraction of sp³-hybridized carbons (Fsp3) is 0.312. The second-order valence-electron chi connectivity index (χ2n) is 4.88. The Morgan fingerprint density at radius 1 is 1.25 bits per heavy atom. The quantitative estimate of drug-likeness (QED) is 0.862. The lowest BCUT2D eigenvalue weighted by molar-refractivity contribution is -0.121. The van der Waals surface area contributed by atoms with Gasteiger partial charge in [-0.25, -0.2) is 4.39 Å². The van der Waals surface area contributed by atoms with Gasteiger partial charge in [-0.3, -0.25) is 4.79 Å². The lowest BCUT2D eigenvalue weighted by Crippen LogP contribution is -2.25. The molecule has 0 fully saturated rings. The summed E-state index contributed by atoms with van der Waals surface area (Å²) in [7, 11) is 1.97. The maximum Gasteiger partial charge on any atom is 0.220 e. The highest BCUT2D eigenvalue weighted by atomic mass is 19.1. The van der Waals surface area contributed by atoms with Gasteiger partial charge in [0.15, 0.2) is 0 Å². The minimum Gasteiger partial charge on any atom is -0.357 e. The lowest BCUT2D eigenvalue weighted by Gasteiger charge is -2.05. The van der Waals surface area contributed by atoms with Gasteiger partial charge < -0.3 is 9.88 Å². The van der Waals surface area contributed by atoms with Crippen molar-refractivity contribution in [2.45, 2.75) is 19.3 Å². The largest absolute Gasteiger partial charge is 0.357 e. The van der Waals surface area contributed by atoms with Crippen LogP contribution in [-0.2, 0) is 24.7 Å². The number of halogens is 1. The molecule has 2 rings (SSSR count). The van der Waals surface area contributed by atoms with E-state index in [0.717, 1.165) is 6.42 Å². The summed E-state index contributed by atoms with van der Waals surface area (Å²) in [6.07, 6.45) is 5.58. The number of hydrogen-bond donors (Lipinski definition) is 1. The molecule has 0 aliphatic carbocycles. The van der Waals surface area contributed by atoms with Crippen LogP contribution >= 0.6 is 0 Å². The number of rotatable bonds is 6. The van der Waals surface area contributed by atoms with Gasteiger partial charge >= 0.3 is 0 Å². The number of amides is 1. The topological polar surface area (TPSA) is 34.0 Å². The van der Waals surface area contributed by atoms with Crippen molar-refractivity contribution in [2.75, 3.05) is 6.54 Å². The van der Waals surface area contributed by atoms with E-state index in [1.165, 1.54) is 11.6 Å². The van der Waals surface area contributed by atoms with Crippen LogP contribution in [0.4, 0.5) is 4.39 Å². The molecule has 0 spiro atoms. The van der Waals surface area contributed by atoms with E-state index in [2.05, 4.69) is 5.32 Å². The highest BCUT2D eigenvalue weighted by molar-refractivity contribution is 5.76. The Bertz CT molecular complexity index is 577. The van der Waals surface area contributed by atoms with Crippen molar-refractivity contribution in [2.24, 2.45) is 7.05 Å². The summed E-state index contributed by atoms with van der Waals surface area (Å²) in [5.41, 5.74) is 1.78. The molecule has 0 saturated heterocycles. The summed E-state index contributed by atoms with van der Waals surface area (Å²) >= 11 is 0. The zero-order chi connectivity index (χ0) is 14.4. The summed E-state index contributed by atoms with van der Waals surface area (Å²) in [5, 5.41) is 2.86. The molecule has 1 aromatic carbocycles. The van der Waals surface area contributed by atoms with Gasteiger partial charge in [0.1, 0.15) is 5.82 Å². The zero-order valence-electron chi connectivity index (χ0n) is 11.6. The first-order valence-electron chi connectivity index (χ1n) is 6.76. The molecular weight excluding hydrogens is 255 g/mol. The molecule has 106 valence electrons. The summed E-state index contributed by atoms with van der Waals surface area (Å²) in [6, 6.07) is 8.60. The van der Waals surface area contributed by atoms with Crippen molar-refractivity contribution in [3.05, 3.63) is 59.7 Å². The molecule has 1 aromatic heterocycles. The molecule has 0 aliphatic rings. The Morgan fingerprint density at radius 3 is 2.75 bits per heavy atom. The standard InChI is InChI=1S/C16H19FN2O/c1-19-11-9-13(12-19)8-10-18-16(20)7-6-14-4-2-3-5-15(14)17/h2-5,9,11-12H,6-8,10H2,1H3,(H,18,20). The molecule has 4 heteroatoms. The van der Waals surface area contributed by atoms with E-state index in [0.29, 0.717) is 24.9 Å². The smallest absolute Gasteiger partial charge is 0.220 e. The summed E-state index contributed by atoms with van der Waals surface area (Å²) in [4.78, 5) is 11.7. The number of benzene rings is 1. The van der Waals surface area contributed by atoms with Crippen LogP contribution in [0.25, 0.3) is 0 Å². The van der Waals surface area contributed by atoms with Crippen molar-refractivity contribution >= 4 is 5.91 Å². The highest BCUT2D eigenvalue weighted by Gasteiger charge is 2.05. The third kappa shape index (κ3) is 4.23. The van der Waals surface area contributed by atoms with Crippen LogP contribution in [0, 0.1) is 5.82 Å². The van der Waals surface area contributed by atoms with Gasteiger partial charge in [0, 0.05) is 32.4 Å². The molecule has 3 nitrogen and oxygen atoms in total. The molecule has 0 saturated carbocycles. The molecule has 0 radical (unpaired) electrons. The van der Waals surface area contributed by atoms with Gasteiger partial charge in [0.05, 0.1) is 0 Å². The normalized spacial score (nSPS) is 10.5. The van der Waals surface area contributed by atoms with Crippen LogP contribution in [0.2, 0.25) is 0 Å². The minimum absolute atomic E-state index is 0.0378. The van der Waals surface area contributed by atoms with Crippen LogP contribution in [-0.4, -0.2) is 17.0 Å². The maximum absolute atomic E-state index is 13.4. The van der Waals surface area contributed by atoms with E-state index >= 15 is 0 Å². The monoisotopic (exact) mass is 274 g/mol. The van der Waals surface area contributed by atoms with Crippen LogP contribution in [0.5, 0.6) is 0 Å². The van der Waals surface area contributed by atoms with Gasteiger partial charge in [0.25, 0.3) is 0 Å². The average molecular weight is 274 g/mol. The van der Waals surface area contributed by atoms with Crippen LogP contribution < -0.4 is 5.32 Å². The summed E-state index contributed by atoms with van der Waals surface area (Å²) in [6.45, 7) is 0.611. The minimum atomic E-state index is -0.246. The van der Waals surface area contributed by atoms with Crippen LogP contribution in [0.15, 0.2) is 42.7 Å². The average Bonchev–Trinajstić information content (AvgIpc) is 2.83. The van der Waals surface area contributed by atoms with Crippen molar-refractivity contribution in [1.29, 1.82) is 0 Å². The first-order chi connectivity index (χ1) is 9.65. The van der Waals surface area contributed by atoms with Crippen molar-refractivity contribution in [3.8, 4) is 0 Å². The second kappa shape index (κ2) is 6.89. The van der Waals surface area contributed by atoms with E-state index in [1.54, 1.807) is 18.2 Å². The highest BCUT2D eigenvalue weighted by Crippen LogP contribution is 2.08. The third-order valence-electron chi connectivity index (χ3n) is 3.21. The number of nitrogens with one attached hydrogen (secondary N) is 1. The van der Waals surface area contributed by atoms with Gasteiger partial charge in [-0.1, -0.05) is 18.2 Å². The fourth-order valence-corrected chi connectivity index (χ4v) is 2.09. The summed E-state index contributed by atoms with van der Waals surface area (Å²) in [5.74, 6) is -0.284. The number of hydrogen-bond acceptors (Lipinski definition) is 1. The molecule has 0 unspecified atom stereocenters. The van der Waals surface area contributed by atoms with Gasteiger partial charge in [-0.2, -0.15) is 0 Å². The zero-order valence-corrected chi connectivity index (χ0v) is 11.6. The number of aryl methyl sites for hydroxylation is 2. The first-order valence-corrected chi connectivity index (χ1v) is 6.76. The van der Waals surface area contributed by atoms with E-state index in [-0.39, 0.29) is 11.7 Å². The molecule has 1 N–H and O–H groups in total. The molecular formula is C16H19FN2O. The predicted molar refractivity (Wildman–Crippen MR) is 76.8 cm³/mol. The first kappa shape index (κ1) is 14.3. The predicted octanol–water partition coefficient (Wildman–Crippen LogP) is 2.46. The van der Waals surface area contributed by atoms with Gasteiger partial charge in [-0.15, -0.1) is 0 Å². The Morgan fingerprint density at radius 2 is 2.05 bits per heavy atom. The van der Waals surface area contributed by atoms with E-state index in [9.17, 15) is 9.18 Å². The maximum atomic E-state index is 13.4. The molecule has 0 aliphatic heterocycles. The molecule has 0 atom stereocenters. The van der Waals surface area contributed by atoms with Crippen LogP contribution in [0.1, 0.15) is 17.5 Å². The van der Waals surface area contributed by atoms with Gasteiger partial charge in [0.2, 0.25) is 5.91 Å². The van der Waals surface area contributed by atoms with Gasteiger partial charge in [-0.05, 0) is 36.1 Å². The molecule has 0 bridgehead atoms. The second-order valence-corrected chi connectivity index (χ2v) is 4.88. The third-order valence-corrected chi connectivity index (χ3v) is 3.21. The number of carbonyl (C=O) groups is 1. The molecule has 1 amide bonds. The molecule has 20 heavy (non-hydrogen) atoms. The van der Waals surface area contributed by atoms with Crippen LogP contribution in [0.3, 0.4) is 0 Å². The van der Waals surface area contributed by atoms with E-state index < -0.39 is 0 Å².